The van der Waals surface area contributed by atoms with Gasteiger partial charge in [-0.05, 0) is 60.4 Å². The number of aryl methyl sites for hydroxylation is 1. The lowest BCUT2D eigenvalue weighted by molar-refractivity contribution is -0.384. The summed E-state index contributed by atoms with van der Waals surface area (Å²) in [6, 6.07) is 18.6. The van der Waals surface area contributed by atoms with Gasteiger partial charge in [0.25, 0.3) is 11.6 Å². The first-order chi connectivity index (χ1) is 18.6. The first-order valence-corrected chi connectivity index (χ1v) is 12.5. The normalized spacial score (nSPS) is 14.8. The topological polar surface area (TPSA) is 128 Å². The van der Waals surface area contributed by atoms with Crippen molar-refractivity contribution < 1.29 is 28.8 Å². The number of carbonyl (C=O) groups excluding carboxylic acids is 3. The number of ether oxygens (including phenoxy) is 2. The van der Waals surface area contributed by atoms with Crippen LogP contribution >= 0.6 is 0 Å². The highest BCUT2D eigenvalue weighted by Crippen LogP contribution is 2.33. The van der Waals surface area contributed by atoms with E-state index in [9.17, 15) is 24.5 Å². The Kier molecular flexibility index (Phi) is 8.24. The predicted molar refractivity (Wildman–Crippen MR) is 145 cm³/mol. The quantitative estimate of drug-likeness (QED) is 0.224. The van der Waals surface area contributed by atoms with Crippen LogP contribution in [-0.2, 0) is 19.1 Å². The molecule has 0 bridgehead atoms. The number of nitro benzene ring substituents is 1. The van der Waals surface area contributed by atoms with Crippen molar-refractivity contribution >= 4 is 34.8 Å². The van der Waals surface area contributed by atoms with Crippen LogP contribution in [0, 0.1) is 23.0 Å². The molecule has 0 aromatic heterocycles. The number of nitro groups is 1. The number of hydrogen-bond donors (Lipinski definition) is 1. The molecule has 1 N–H and O–H groups in total. The van der Waals surface area contributed by atoms with E-state index in [4.69, 9.17) is 9.47 Å². The molecular formula is C29H29N3O7. The van der Waals surface area contributed by atoms with E-state index in [1.807, 2.05) is 13.0 Å². The lowest BCUT2D eigenvalue weighted by Gasteiger charge is -2.18. The zero-order valence-electron chi connectivity index (χ0n) is 21.9. The van der Waals surface area contributed by atoms with E-state index in [0.717, 1.165) is 16.9 Å². The standard InChI is InChI=1S/C29H29N3O7/c1-18(2)25-12-7-19(3)13-26(25)39-24-10-8-22(9-11-24)31-16-20(14-28(31)34)29(35)38-17-27(33)30-21-5-4-6-23(15-21)32(36)37/h4-13,15,18,20H,14,16-17H2,1-3H3,(H,30,33)/t20-/m0/s1. The Morgan fingerprint density at radius 3 is 2.54 bits per heavy atom. The first-order valence-electron chi connectivity index (χ1n) is 12.5. The van der Waals surface area contributed by atoms with E-state index in [0.29, 0.717) is 17.4 Å². The number of hydrogen-bond acceptors (Lipinski definition) is 7. The number of nitrogens with one attached hydrogen (secondary N) is 1. The van der Waals surface area contributed by atoms with Gasteiger partial charge < -0.3 is 19.7 Å². The summed E-state index contributed by atoms with van der Waals surface area (Å²) in [7, 11) is 0. The van der Waals surface area contributed by atoms with Gasteiger partial charge in [-0.15, -0.1) is 0 Å². The Morgan fingerprint density at radius 2 is 1.85 bits per heavy atom. The Hall–Kier alpha value is -4.73. The van der Waals surface area contributed by atoms with Gasteiger partial charge in [-0.2, -0.15) is 0 Å². The molecule has 1 aliphatic rings. The van der Waals surface area contributed by atoms with Gasteiger partial charge in [-0.3, -0.25) is 24.5 Å². The van der Waals surface area contributed by atoms with Crippen LogP contribution in [0.2, 0.25) is 0 Å². The third kappa shape index (κ3) is 6.78. The number of rotatable bonds is 9. The highest BCUT2D eigenvalue weighted by molar-refractivity contribution is 6.00. The van der Waals surface area contributed by atoms with Gasteiger partial charge in [0.05, 0.1) is 10.8 Å². The van der Waals surface area contributed by atoms with Gasteiger partial charge in [-0.1, -0.05) is 32.0 Å². The molecule has 10 heteroatoms. The smallest absolute Gasteiger partial charge is 0.311 e. The van der Waals surface area contributed by atoms with Gasteiger partial charge in [0.15, 0.2) is 6.61 Å². The number of benzene rings is 3. The monoisotopic (exact) mass is 531 g/mol. The molecule has 3 aromatic carbocycles. The molecule has 1 fully saturated rings. The second kappa shape index (κ2) is 11.8. The third-order valence-corrected chi connectivity index (χ3v) is 6.31. The van der Waals surface area contributed by atoms with Crippen LogP contribution in [0.1, 0.15) is 37.3 Å². The van der Waals surface area contributed by atoms with Gasteiger partial charge in [0.2, 0.25) is 5.91 Å². The van der Waals surface area contributed by atoms with Crippen molar-refractivity contribution in [1.29, 1.82) is 0 Å². The van der Waals surface area contributed by atoms with E-state index in [-0.39, 0.29) is 30.2 Å². The van der Waals surface area contributed by atoms with E-state index < -0.39 is 29.3 Å². The third-order valence-electron chi connectivity index (χ3n) is 6.31. The minimum absolute atomic E-state index is 0.0371. The maximum atomic E-state index is 12.6. The summed E-state index contributed by atoms with van der Waals surface area (Å²) in [4.78, 5) is 49.2. The van der Waals surface area contributed by atoms with Crippen LogP contribution in [0.25, 0.3) is 0 Å². The summed E-state index contributed by atoms with van der Waals surface area (Å²) in [6.07, 6.45) is -0.0371. The van der Waals surface area contributed by atoms with Crippen molar-refractivity contribution in [3.63, 3.8) is 0 Å². The van der Waals surface area contributed by atoms with Gasteiger partial charge >= 0.3 is 5.97 Å². The molecule has 0 saturated carbocycles. The minimum atomic E-state index is -0.722. The maximum absolute atomic E-state index is 12.6. The van der Waals surface area contributed by atoms with Crippen LogP contribution in [0.15, 0.2) is 66.7 Å². The summed E-state index contributed by atoms with van der Waals surface area (Å²) >= 11 is 0. The average molecular weight is 532 g/mol. The van der Waals surface area contributed by atoms with Gasteiger partial charge in [0.1, 0.15) is 11.5 Å². The van der Waals surface area contributed by atoms with Crippen molar-refractivity contribution in [1.82, 2.24) is 0 Å². The maximum Gasteiger partial charge on any atom is 0.311 e. The fourth-order valence-corrected chi connectivity index (χ4v) is 4.29. The molecule has 1 saturated heterocycles. The van der Waals surface area contributed by atoms with E-state index in [1.165, 1.54) is 29.2 Å². The molecule has 3 aromatic rings. The lowest BCUT2D eigenvalue weighted by atomic mass is 10.0. The molecule has 0 spiro atoms. The molecular weight excluding hydrogens is 502 g/mol. The van der Waals surface area contributed by atoms with Crippen LogP contribution < -0.4 is 15.0 Å². The van der Waals surface area contributed by atoms with Crippen molar-refractivity contribution in [2.24, 2.45) is 5.92 Å². The number of non-ortho nitro benzene ring substituents is 1. The van der Waals surface area contributed by atoms with Crippen molar-refractivity contribution in [3.05, 3.63) is 88.0 Å². The van der Waals surface area contributed by atoms with Crippen molar-refractivity contribution in [3.8, 4) is 11.5 Å². The molecule has 0 unspecified atom stereocenters. The molecule has 10 nitrogen and oxygen atoms in total. The zero-order chi connectivity index (χ0) is 28.1. The van der Waals surface area contributed by atoms with Crippen LogP contribution in [-0.4, -0.2) is 35.9 Å². The molecule has 202 valence electrons. The number of esters is 1. The first kappa shape index (κ1) is 27.3. The largest absolute Gasteiger partial charge is 0.457 e. The molecule has 2 amide bonds. The average Bonchev–Trinajstić information content (AvgIpc) is 3.29. The van der Waals surface area contributed by atoms with E-state index in [2.05, 4.69) is 31.3 Å². The van der Waals surface area contributed by atoms with E-state index >= 15 is 0 Å². The second-order valence-electron chi connectivity index (χ2n) is 9.66. The highest BCUT2D eigenvalue weighted by atomic mass is 16.6. The number of anilines is 2. The molecule has 0 radical (unpaired) electrons. The van der Waals surface area contributed by atoms with Crippen LogP contribution in [0.5, 0.6) is 11.5 Å². The summed E-state index contributed by atoms with van der Waals surface area (Å²) in [6.45, 7) is 5.76. The number of amides is 2. The second-order valence-corrected chi connectivity index (χ2v) is 9.66. The van der Waals surface area contributed by atoms with Crippen LogP contribution in [0.4, 0.5) is 17.1 Å². The summed E-state index contributed by atoms with van der Waals surface area (Å²) in [5.41, 5.74) is 2.85. The van der Waals surface area contributed by atoms with E-state index in [1.54, 1.807) is 24.3 Å². The van der Waals surface area contributed by atoms with Crippen LogP contribution in [0.3, 0.4) is 0 Å². The Bertz CT molecular complexity index is 1400. The van der Waals surface area contributed by atoms with Crippen molar-refractivity contribution in [2.45, 2.75) is 33.1 Å². The summed E-state index contributed by atoms with van der Waals surface area (Å²) in [5, 5.41) is 13.3. The molecule has 1 aliphatic heterocycles. The van der Waals surface area contributed by atoms with Gasteiger partial charge in [-0.25, -0.2) is 0 Å². The number of nitrogens with zero attached hydrogens (tertiary/aromatic N) is 2. The molecule has 0 aliphatic carbocycles. The Labute approximate surface area is 225 Å². The van der Waals surface area contributed by atoms with Crippen molar-refractivity contribution in [2.75, 3.05) is 23.4 Å². The highest BCUT2D eigenvalue weighted by Gasteiger charge is 2.36. The Morgan fingerprint density at radius 1 is 1.10 bits per heavy atom. The fraction of sp³-hybridized carbons (Fsp3) is 0.276. The summed E-state index contributed by atoms with van der Waals surface area (Å²) in [5.74, 6) is -0.552. The Balaban J connectivity index is 1.32. The minimum Gasteiger partial charge on any atom is -0.457 e. The number of carbonyl (C=O) groups is 3. The van der Waals surface area contributed by atoms with Gasteiger partial charge in [0, 0.05) is 36.5 Å². The zero-order valence-corrected chi connectivity index (χ0v) is 21.9. The fourth-order valence-electron chi connectivity index (χ4n) is 4.29. The lowest BCUT2D eigenvalue weighted by Crippen LogP contribution is -2.28. The molecule has 1 heterocycles. The molecule has 1 atom stereocenters. The SMILES string of the molecule is Cc1ccc(C(C)C)c(Oc2ccc(N3C[C@@H](C(=O)OCC(=O)Nc4cccc([N+](=O)[O-])c4)CC3=O)cc2)c1. The predicted octanol–water partition coefficient (Wildman–Crippen LogP) is 5.35. The molecule has 4 rings (SSSR count). The summed E-state index contributed by atoms with van der Waals surface area (Å²) < 4.78 is 11.2. The molecule has 39 heavy (non-hydrogen) atoms.